The van der Waals surface area contributed by atoms with E-state index in [1.165, 1.54) is 44.8 Å². The van der Waals surface area contributed by atoms with Gasteiger partial charge in [0.15, 0.2) is 6.71 Å². The topological polar surface area (TPSA) is 17.1 Å². The molecule has 3 heteroatoms. The maximum absolute atomic E-state index is 12.3. The van der Waals surface area contributed by atoms with Crippen LogP contribution in [0.25, 0.3) is 0 Å². The average molecular weight is 433 g/mol. The molecule has 0 spiro atoms. The first-order valence-electron chi connectivity index (χ1n) is 13.0. The van der Waals surface area contributed by atoms with Gasteiger partial charge in [-0.2, -0.15) is 0 Å². The SMILES string of the molecule is CC1(B(CCCC(=O)CCCCl)C2(C)CC3CC(C2)C3(C)C)CC2CC(C1)C2(C)C. The van der Waals surface area contributed by atoms with Crippen LogP contribution in [-0.2, 0) is 4.79 Å². The van der Waals surface area contributed by atoms with Gasteiger partial charge in [0.1, 0.15) is 5.78 Å². The van der Waals surface area contributed by atoms with Crippen LogP contribution in [0.15, 0.2) is 0 Å². The standard InChI is InChI=1S/C27H46BClO/c1-24(2)19-13-20(24)16-26(5,15-19)28(11-7-9-23(30)10-8-12-29)27(6)17-21-14-22(18-27)25(21,3)4/h19-22H,7-18H2,1-6H3. The molecule has 0 saturated heterocycles. The molecule has 30 heavy (non-hydrogen) atoms. The van der Waals surface area contributed by atoms with Crippen LogP contribution >= 0.6 is 11.6 Å². The fraction of sp³-hybridized carbons (Fsp3) is 0.963. The van der Waals surface area contributed by atoms with E-state index < -0.39 is 0 Å². The molecule has 4 atom stereocenters. The molecule has 0 aromatic heterocycles. The van der Waals surface area contributed by atoms with Crippen molar-refractivity contribution in [2.75, 3.05) is 5.88 Å². The van der Waals surface area contributed by atoms with Gasteiger partial charge in [0.25, 0.3) is 0 Å². The van der Waals surface area contributed by atoms with Crippen molar-refractivity contribution in [2.45, 2.75) is 123 Å². The third-order valence-electron chi connectivity index (χ3n) is 11.4. The van der Waals surface area contributed by atoms with E-state index in [1.807, 2.05) is 0 Å². The van der Waals surface area contributed by atoms with Gasteiger partial charge in [-0.1, -0.05) is 90.6 Å². The number of carbonyl (C=O) groups is 1. The zero-order valence-electron chi connectivity index (χ0n) is 20.7. The van der Waals surface area contributed by atoms with E-state index in [0.29, 0.717) is 39.5 Å². The zero-order chi connectivity index (χ0) is 21.9. The second-order valence-corrected chi connectivity index (χ2v) is 14.2. The third kappa shape index (κ3) is 3.74. The molecular weight excluding hydrogens is 387 g/mol. The Morgan fingerprint density at radius 3 is 1.53 bits per heavy atom. The van der Waals surface area contributed by atoms with Gasteiger partial charge in [0, 0.05) is 18.7 Å². The molecule has 0 aromatic carbocycles. The van der Waals surface area contributed by atoms with Crippen LogP contribution in [0.2, 0.25) is 16.9 Å². The van der Waals surface area contributed by atoms with E-state index in [0.717, 1.165) is 49.6 Å². The van der Waals surface area contributed by atoms with Crippen molar-refractivity contribution in [2.24, 2.45) is 34.5 Å². The largest absolute Gasteiger partial charge is 0.300 e. The minimum atomic E-state index is 0.435. The van der Waals surface area contributed by atoms with Gasteiger partial charge in [-0.15, -0.1) is 11.6 Å². The third-order valence-corrected chi connectivity index (χ3v) is 11.7. The average Bonchev–Trinajstić information content (AvgIpc) is 2.69. The first kappa shape index (κ1) is 23.2. The molecule has 6 aliphatic carbocycles. The summed E-state index contributed by atoms with van der Waals surface area (Å²) in [6.07, 6.45) is 13.3. The summed E-state index contributed by atoms with van der Waals surface area (Å²) in [5.41, 5.74) is 1.14. The first-order chi connectivity index (χ1) is 13.9. The Bertz CT molecular complexity index is 596. The van der Waals surface area contributed by atoms with Crippen molar-refractivity contribution in [3.8, 4) is 0 Å². The lowest BCUT2D eigenvalue weighted by atomic mass is 9.14. The first-order valence-corrected chi connectivity index (χ1v) is 13.5. The summed E-state index contributed by atoms with van der Waals surface area (Å²) >= 11 is 5.80. The van der Waals surface area contributed by atoms with Crippen LogP contribution in [0.1, 0.15) is 106 Å². The highest BCUT2D eigenvalue weighted by Crippen LogP contribution is 2.74. The second kappa shape index (κ2) is 7.81. The minimum absolute atomic E-state index is 0.435. The molecule has 0 amide bonds. The van der Waals surface area contributed by atoms with Crippen molar-refractivity contribution >= 4 is 24.1 Å². The van der Waals surface area contributed by atoms with Gasteiger partial charge in [-0.3, -0.25) is 4.79 Å². The number of Topliss-reactive ketones (excluding diaryl/α,β-unsaturated/α-hetero) is 1. The van der Waals surface area contributed by atoms with Crippen LogP contribution in [0.5, 0.6) is 0 Å². The van der Waals surface area contributed by atoms with Crippen LogP contribution in [0, 0.1) is 34.5 Å². The Morgan fingerprint density at radius 2 is 1.17 bits per heavy atom. The number of hydrogen-bond donors (Lipinski definition) is 0. The Morgan fingerprint density at radius 1 is 0.767 bits per heavy atom. The van der Waals surface area contributed by atoms with E-state index in [2.05, 4.69) is 41.5 Å². The molecular formula is C27H46BClO. The Labute approximate surface area is 191 Å². The number of alkyl halides is 1. The summed E-state index contributed by atoms with van der Waals surface area (Å²) in [6.45, 7) is 16.2. The van der Waals surface area contributed by atoms with Crippen LogP contribution < -0.4 is 0 Å². The number of carbonyl (C=O) groups excluding carboxylic acids is 1. The van der Waals surface area contributed by atoms with Crippen LogP contribution in [0.3, 0.4) is 0 Å². The number of ketones is 1. The van der Waals surface area contributed by atoms with Crippen molar-refractivity contribution < 1.29 is 4.79 Å². The summed E-state index contributed by atoms with van der Waals surface area (Å²) in [5, 5.41) is 0.954. The molecule has 4 bridgehead atoms. The van der Waals surface area contributed by atoms with Gasteiger partial charge >= 0.3 is 0 Å². The van der Waals surface area contributed by atoms with E-state index in [4.69, 9.17) is 11.6 Å². The second-order valence-electron chi connectivity index (χ2n) is 13.8. The van der Waals surface area contributed by atoms with Crippen molar-refractivity contribution in [1.29, 1.82) is 0 Å². The van der Waals surface area contributed by atoms with Crippen molar-refractivity contribution in [3.63, 3.8) is 0 Å². The smallest absolute Gasteiger partial charge is 0.152 e. The molecule has 0 aromatic rings. The van der Waals surface area contributed by atoms with Gasteiger partial charge in [-0.05, 0) is 53.8 Å². The lowest BCUT2D eigenvalue weighted by Gasteiger charge is -2.68. The minimum Gasteiger partial charge on any atom is -0.300 e. The predicted octanol–water partition coefficient (Wildman–Crippen LogP) is 8.28. The zero-order valence-corrected chi connectivity index (χ0v) is 21.4. The lowest BCUT2D eigenvalue weighted by molar-refractivity contribution is -0.119. The molecule has 0 radical (unpaired) electrons. The maximum Gasteiger partial charge on any atom is 0.152 e. The summed E-state index contributed by atoms with van der Waals surface area (Å²) in [4.78, 5) is 12.3. The highest BCUT2D eigenvalue weighted by molar-refractivity contribution is 6.65. The molecule has 6 saturated carbocycles. The molecule has 6 aliphatic rings. The number of halogens is 1. The maximum atomic E-state index is 12.3. The van der Waals surface area contributed by atoms with Crippen LogP contribution in [-0.4, -0.2) is 18.4 Å². The van der Waals surface area contributed by atoms with Gasteiger partial charge in [0.05, 0.1) is 0 Å². The Kier molecular flexibility index (Phi) is 6.04. The normalized spacial score (nSPS) is 42.8. The van der Waals surface area contributed by atoms with Crippen LogP contribution in [0.4, 0.5) is 0 Å². The van der Waals surface area contributed by atoms with Gasteiger partial charge in [-0.25, -0.2) is 0 Å². The molecule has 0 heterocycles. The summed E-state index contributed by atoms with van der Waals surface area (Å²) in [6, 6.07) is 0. The number of hydrogen-bond acceptors (Lipinski definition) is 1. The van der Waals surface area contributed by atoms with Crippen molar-refractivity contribution in [3.05, 3.63) is 0 Å². The highest BCUT2D eigenvalue weighted by Gasteiger charge is 2.64. The summed E-state index contributed by atoms with van der Waals surface area (Å²) in [7, 11) is 0. The fourth-order valence-electron chi connectivity index (χ4n) is 9.05. The molecule has 6 rings (SSSR count). The molecule has 0 N–H and O–H groups in total. The lowest BCUT2D eigenvalue weighted by Crippen LogP contribution is -2.60. The predicted molar refractivity (Wildman–Crippen MR) is 131 cm³/mol. The molecule has 0 aliphatic heterocycles. The quantitative estimate of drug-likeness (QED) is 0.264. The molecule has 6 fully saturated rings. The van der Waals surface area contributed by atoms with Gasteiger partial charge in [0.2, 0.25) is 0 Å². The number of rotatable bonds is 9. The number of fused-ring (bicyclic) bond motifs is 4. The highest BCUT2D eigenvalue weighted by atomic mass is 35.5. The molecule has 170 valence electrons. The summed E-state index contributed by atoms with van der Waals surface area (Å²) < 4.78 is 0. The Balaban J connectivity index is 1.49. The van der Waals surface area contributed by atoms with E-state index in [9.17, 15) is 4.79 Å². The molecule has 4 unspecified atom stereocenters. The fourth-order valence-corrected chi connectivity index (χ4v) is 9.18. The van der Waals surface area contributed by atoms with Gasteiger partial charge < -0.3 is 0 Å². The van der Waals surface area contributed by atoms with Crippen molar-refractivity contribution in [1.82, 2.24) is 0 Å². The van der Waals surface area contributed by atoms with E-state index in [1.54, 1.807) is 0 Å². The molecule has 1 nitrogen and oxygen atoms in total. The Hall–Kier alpha value is 0.0249. The van der Waals surface area contributed by atoms with E-state index in [-0.39, 0.29) is 0 Å². The summed E-state index contributed by atoms with van der Waals surface area (Å²) in [5.74, 6) is 4.74. The van der Waals surface area contributed by atoms with E-state index >= 15 is 0 Å². The monoisotopic (exact) mass is 432 g/mol.